The third-order valence-electron chi connectivity index (χ3n) is 3.56. The maximum Gasteiger partial charge on any atom is 0.222 e. The van der Waals surface area contributed by atoms with E-state index in [1.165, 1.54) is 0 Å². The molecular formula is C12H24N2O2. The first-order chi connectivity index (χ1) is 7.61. The molecule has 0 aromatic heterocycles. The molecule has 1 aliphatic rings. The molecule has 0 spiro atoms. The van der Waals surface area contributed by atoms with Crippen LogP contribution in [0.3, 0.4) is 0 Å². The third-order valence-corrected chi connectivity index (χ3v) is 3.56. The molecule has 1 amide bonds. The Kier molecular flexibility index (Phi) is 5.22. The summed E-state index contributed by atoms with van der Waals surface area (Å²) in [6.07, 6.45) is 3.48. The van der Waals surface area contributed by atoms with Gasteiger partial charge in [0.1, 0.15) is 0 Å². The highest BCUT2D eigenvalue weighted by atomic mass is 16.5. The van der Waals surface area contributed by atoms with Crippen molar-refractivity contribution in [1.82, 2.24) is 4.90 Å². The van der Waals surface area contributed by atoms with Crippen LogP contribution >= 0.6 is 0 Å². The molecule has 4 heteroatoms. The van der Waals surface area contributed by atoms with Crippen molar-refractivity contribution in [2.24, 2.45) is 11.1 Å². The van der Waals surface area contributed by atoms with E-state index in [-0.39, 0.29) is 11.3 Å². The maximum atomic E-state index is 11.8. The molecule has 16 heavy (non-hydrogen) atoms. The lowest BCUT2D eigenvalue weighted by atomic mass is 9.80. The van der Waals surface area contributed by atoms with E-state index in [2.05, 4.69) is 6.92 Å². The SMILES string of the molecule is COCCCC(=O)N1CCC(C)(CN)CC1. The van der Waals surface area contributed by atoms with Crippen molar-refractivity contribution in [3.63, 3.8) is 0 Å². The van der Waals surface area contributed by atoms with Crippen molar-refractivity contribution in [2.75, 3.05) is 33.4 Å². The Morgan fingerprint density at radius 3 is 2.56 bits per heavy atom. The number of carbonyl (C=O) groups is 1. The number of amides is 1. The van der Waals surface area contributed by atoms with Crippen molar-refractivity contribution in [2.45, 2.75) is 32.6 Å². The lowest BCUT2D eigenvalue weighted by Crippen LogP contribution is -2.44. The van der Waals surface area contributed by atoms with E-state index in [9.17, 15) is 4.79 Å². The molecule has 0 radical (unpaired) electrons. The van der Waals surface area contributed by atoms with Crippen LogP contribution in [0.25, 0.3) is 0 Å². The van der Waals surface area contributed by atoms with Gasteiger partial charge in [0.25, 0.3) is 0 Å². The molecule has 1 fully saturated rings. The Labute approximate surface area is 98.1 Å². The molecular weight excluding hydrogens is 204 g/mol. The first-order valence-electron chi connectivity index (χ1n) is 6.08. The number of piperidine rings is 1. The standard InChI is InChI=1S/C12H24N2O2/c1-12(10-13)5-7-14(8-6-12)11(15)4-3-9-16-2/h3-10,13H2,1-2H3. The predicted octanol–water partition coefficient (Wildman–Crippen LogP) is 1.00. The minimum Gasteiger partial charge on any atom is -0.385 e. The molecule has 0 aromatic rings. The Hall–Kier alpha value is -0.610. The summed E-state index contributed by atoms with van der Waals surface area (Å²) in [6, 6.07) is 0. The normalized spacial score (nSPS) is 19.8. The molecule has 94 valence electrons. The minimum absolute atomic E-state index is 0.239. The number of rotatable bonds is 5. The van der Waals surface area contributed by atoms with Gasteiger partial charge in [-0.25, -0.2) is 0 Å². The number of methoxy groups -OCH3 is 1. The molecule has 0 atom stereocenters. The second-order valence-electron chi connectivity index (χ2n) is 4.99. The highest BCUT2D eigenvalue weighted by Crippen LogP contribution is 2.29. The summed E-state index contributed by atoms with van der Waals surface area (Å²) in [5.74, 6) is 0.260. The molecule has 0 unspecified atom stereocenters. The summed E-state index contributed by atoms with van der Waals surface area (Å²) in [6.45, 7) is 5.32. The van der Waals surface area contributed by atoms with Crippen LogP contribution in [0.5, 0.6) is 0 Å². The van der Waals surface area contributed by atoms with Crippen LogP contribution in [-0.2, 0) is 9.53 Å². The van der Waals surface area contributed by atoms with Crippen molar-refractivity contribution in [1.29, 1.82) is 0 Å². The first-order valence-corrected chi connectivity index (χ1v) is 6.08. The average Bonchev–Trinajstić information content (AvgIpc) is 2.30. The fourth-order valence-electron chi connectivity index (χ4n) is 2.03. The third kappa shape index (κ3) is 3.76. The molecule has 0 bridgehead atoms. The largest absolute Gasteiger partial charge is 0.385 e. The second kappa shape index (κ2) is 6.21. The van der Waals surface area contributed by atoms with Gasteiger partial charge >= 0.3 is 0 Å². The molecule has 4 nitrogen and oxygen atoms in total. The highest BCUT2D eigenvalue weighted by Gasteiger charge is 2.30. The lowest BCUT2D eigenvalue weighted by Gasteiger charge is -2.38. The van der Waals surface area contributed by atoms with Crippen LogP contribution in [0.4, 0.5) is 0 Å². The van der Waals surface area contributed by atoms with E-state index < -0.39 is 0 Å². The van der Waals surface area contributed by atoms with Gasteiger partial charge < -0.3 is 15.4 Å². The Morgan fingerprint density at radius 2 is 2.06 bits per heavy atom. The summed E-state index contributed by atoms with van der Waals surface area (Å²) < 4.78 is 4.94. The quantitative estimate of drug-likeness (QED) is 0.714. The summed E-state index contributed by atoms with van der Waals surface area (Å²) >= 11 is 0. The number of hydrogen-bond acceptors (Lipinski definition) is 3. The van der Waals surface area contributed by atoms with Gasteiger partial charge in [0.05, 0.1) is 0 Å². The molecule has 1 saturated heterocycles. The summed E-state index contributed by atoms with van der Waals surface area (Å²) in [4.78, 5) is 13.8. The van der Waals surface area contributed by atoms with Crippen LogP contribution in [-0.4, -0.2) is 44.2 Å². The van der Waals surface area contributed by atoms with Gasteiger partial charge in [-0.3, -0.25) is 4.79 Å². The second-order valence-corrected chi connectivity index (χ2v) is 4.99. The average molecular weight is 228 g/mol. The van der Waals surface area contributed by atoms with Crippen molar-refractivity contribution in [3.05, 3.63) is 0 Å². The van der Waals surface area contributed by atoms with Crippen LogP contribution in [0.1, 0.15) is 32.6 Å². The fraction of sp³-hybridized carbons (Fsp3) is 0.917. The Morgan fingerprint density at radius 1 is 1.44 bits per heavy atom. The number of nitrogens with two attached hydrogens (primary N) is 1. The summed E-state index contributed by atoms with van der Waals surface area (Å²) in [5.41, 5.74) is 5.98. The topological polar surface area (TPSA) is 55.6 Å². The van der Waals surface area contributed by atoms with E-state index >= 15 is 0 Å². The van der Waals surface area contributed by atoms with Gasteiger partial charge in [-0.15, -0.1) is 0 Å². The molecule has 0 aliphatic carbocycles. The van der Waals surface area contributed by atoms with Crippen molar-refractivity contribution in [3.8, 4) is 0 Å². The number of hydrogen-bond donors (Lipinski definition) is 1. The lowest BCUT2D eigenvalue weighted by molar-refractivity contribution is -0.133. The van der Waals surface area contributed by atoms with E-state index in [1.807, 2.05) is 4.90 Å². The van der Waals surface area contributed by atoms with Crippen LogP contribution in [0.15, 0.2) is 0 Å². The van der Waals surface area contributed by atoms with Gasteiger partial charge in [0, 0.05) is 33.2 Å². The van der Waals surface area contributed by atoms with E-state index in [4.69, 9.17) is 10.5 Å². The van der Waals surface area contributed by atoms with Crippen molar-refractivity contribution < 1.29 is 9.53 Å². The first kappa shape index (κ1) is 13.5. The smallest absolute Gasteiger partial charge is 0.222 e. The Bertz CT molecular complexity index is 223. The summed E-state index contributed by atoms with van der Waals surface area (Å²) in [7, 11) is 1.66. The van der Waals surface area contributed by atoms with E-state index in [1.54, 1.807) is 7.11 Å². The van der Waals surface area contributed by atoms with Gasteiger partial charge in [-0.2, -0.15) is 0 Å². The monoisotopic (exact) mass is 228 g/mol. The number of carbonyl (C=O) groups excluding carboxylic acids is 1. The minimum atomic E-state index is 0.239. The van der Waals surface area contributed by atoms with Crippen LogP contribution in [0, 0.1) is 5.41 Å². The molecule has 1 rings (SSSR count). The maximum absolute atomic E-state index is 11.8. The Balaban J connectivity index is 2.27. The van der Waals surface area contributed by atoms with Crippen LogP contribution < -0.4 is 5.73 Å². The summed E-state index contributed by atoms with van der Waals surface area (Å²) in [5, 5.41) is 0. The predicted molar refractivity (Wildman–Crippen MR) is 64.1 cm³/mol. The molecule has 2 N–H and O–H groups in total. The molecule has 1 aliphatic heterocycles. The fourth-order valence-corrected chi connectivity index (χ4v) is 2.03. The van der Waals surface area contributed by atoms with E-state index in [0.717, 1.165) is 38.9 Å². The zero-order valence-electron chi connectivity index (χ0n) is 10.5. The van der Waals surface area contributed by atoms with E-state index in [0.29, 0.717) is 13.0 Å². The zero-order chi connectivity index (χ0) is 12.0. The number of ether oxygens (including phenoxy) is 1. The molecule has 1 heterocycles. The van der Waals surface area contributed by atoms with Gasteiger partial charge in [-0.05, 0) is 31.2 Å². The van der Waals surface area contributed by atoms with Gasteiger partial charge in [0.2, 0.25) is 5.91 Å². The molecule has 0 saturated carbocycles. The number of nitrogens with zero attached hydrogens (tertiary/aromatic N) is 1. The van der Waals surface area contributed by atoms with Gasteiger partial charge in [-0.1, -0.05) is 6.92 Å². The number of likely N-dealkylation sites (tertiary alicyclic amines) is 1. The van der Waals surface area contributed by atoms with Crippen LogP contribution in [0.2, 0.25) is 0 Å². The highest BCUT2D eigenvalue weighted by molar-refractivity contribution is 5.76. The molecule has 0 aromatic carbocycles. The van der Waals surface area contributed by atoms with Crippen molar-refractivity contribution >= 4 is 5.91 Å². The van der Waals surface area contributed by atoms with Gasteiger partial charge in [0.15, 0.2) is 0 Å². The zero-order valence-corrected chi connectivity index (χ0v) is 10.5.